The van der Waals surface area contributed by atoms with E-state index in [1.807, 2.05) is 12.1 Å². The molecule has 1 atom stereocenters. The monoisotopic (exact) mass is 1010 g/mol. The van der Waals surface area contributed by atoms with Crippen molar-refractivity contribution in [3.05, 3.63) is 207 Å². The van der Waals surface area contributed by atoms with Crippen LogP contribution in [-0.2, 0) is 17.8 Å². The largest absolute Gasteiger partial charge is 0.450 e. The Morgan fingerprint density at radius 2 is 1.18 bits per heavy atom. The van der Waals surface area contributed by atoms with Gasteiger partial charge in [-0.1, -0.05) is 47.5 Å². The van der Waals surface area contributed by atoms with E-state index in [0.717, 1.165) is 12.8 Å². The molecule has 1 aliphatic rings. The van der Waals surface area contributed by atoms with Gasteiger partial charge in [-0.25, -0.2) is 23.8 Å². The van der Waals surface area contributed by atoms with Crippen LogP contribution in [0.2, 0.25) is 10.0 Å². The maximum Gasteiger partial charge on any atom is 0.296 e. The lowest BCUT2D eigenvalue weighted by Crippen LogP contribution is -2.33. The summed E-state index contributed by atoms with van der Waals surface area (Å²) in [6, 6.07) is 27.0. The zero-order chi connectivity index (χ0) is 51.1. The van der Waals surface area contributed by atoms with Crippen LogP contribution in [0.15, 0.2) is 129 Å². The molecule has 4 aromatic heterocycles. The predicted molar refractivity (Wildman–Crippen MR) is 260 cm³/mol. The molecule has 1 unspecified atom stereocenters. The van der Waals surface area contributed by atoms with Gasteiger partial charge < -0.3 is 14.2 Å². The van der Waals surface area contributed by atoms with Crippen molar-refractivity contribution in [2.45, 2.75) is 52.4 Å². The normalized spacial score (nSPS) is 13.0. The molecule has 8 aromatic rings. The molecule has 21 heteroatoms. The van der Waals surface area contributed by atoms with Gasteiger partial charge in [-0.3, -0.25) is 28.3 Å². The number of hydrogen-bond donors (Lipinski definition) is 1. The van der Waals surface area contributed by atoms with E-state index in [9.17, 15) is 33.2 Å². The molecule has 4 aromatic carbocycles. The van der Waals surface area contributed by atoms with Crippen LogP contribution in [0.25, 0.3) is 22.3 Å². The standard InChI is InChI=1S/C28H23ClFN5O4.C23H15ClFN5O3/c1-17-26(39-23-11-18(14-31)10-20(29)12-23)28(37)34(16-32-17)15-22-13-24(19-5-7-21(30)8-6-19)27(36)35(33-22)25-4-2-3-9-38-25;1-13-21(33-19-7-14(10-26)6-16(24)8-19)23(32)30(12-27-13)11-18-9-20(22(31)29-28-18)15-2-4-17(25)5-3-15/h5-8,10-13,16,25H,2-4,9,15H2,1H3;2-9,12H,11H2,1H3,(H,29,31). The number of benzene rings is 4. The Morgan fingerprint density at radius 3 is 1.68 bits per heavy atom. The minimum Gasteiger partial charge on any atom is -0.450 e. The predicted octanol–water partition coefficient (Wildman–Crippen LogP) is 8.79. The number of aromatic amines is 1. The molecule has 1 fully saturated rings. The van der Waals surface area contributed by atoms with E-state index in [1.54, 1.807) is 19.9 Å². The summed E-state index contributed by atoms with van der Waals surface area (Å²) in [5, 5.41) is 29.8. The zero-order valence-electron chi connectivity index (χ0n) is 38.1. The van der Waals surface area contributed by atoms with Crippen LogP contribution in [0, 0.1) is 48.1 Å². The molecular formula is C51H38Cl2F2N10O7. The molecule has 0 saturated carbocycles. The van der Waals surface area contributed by atoms with E-state index in [2.05, 4.69) is 25.3 Å². The average Bonchev–Trinajstić information content (AvgIpc) is 3.37. The maximum atomic E-state index is 13.6. The Morgan fingerprint density at radius 1 is 0.681 bits per heavy atom. The van der Waals surface area contributed by atoms with Gasteiger partial charge in [0.05, 0.1) is 82.9 Å². The highest BCUT2D eigenvalue weighted by Crippen LogP contribution is 2.28. The molecule has 9 rings (SSSR count). The number of nitrogens with one attached hydrogen (secondary N) is 1. The number of nitrogens with zero attached hydrogens (tertiary/aromatic N) is 9. The molecule has 1 saturated heterocycles. The topological polar surface area (TPSA) is 226 Å². The maximum absolute atomic E-state index is 13.6. The van der Waals surface area contributed by atoms with E-state index in [-0.39, 0.29) is 68.4 Å². The first-order chi connectivity index (χ1) is 34.7. The van der Waals surface area contributed by atoms with E-state index in [1.165, 1.54) is 117 Å². The van der Waals surface area contributed by atoms with E-state index < -0.39 is 34.5 Å². The summed E-state index contributed by atoms with van der Waals surface area (Å²) >= 11 is 12.1. The third kappa shape index (κ3) is 11.7. The first kappa shape index (κ1) is 49.8. The Hall–Kier alpha value is -8.62. The minimum atomic E-state index is -0.547. The summed E-state index contributed by atoms with van der Waals surface area (Å²) in [6.07, 6.45) is 4.56. The summed E-state index contributed by atoms with van der Waals surface area (Å²) in [7, 11) is 0. The molecule has 0 bridgehead atoms. The number of aryl methyl sites for hydroxylation is 2. The van der Waals surface area contributed by atoms with Crippen LogP contribution in [0.4, 0.5) is 8.78 Å². The molecule has 362 valence electrons. The molecule has 17 nitrogen and oxygen atoms in total. The van der Waals surface area contributed by atoms with Crippen molar-refractivity contribution in [1.82, 2.24) is 39.1 Å². The van der Waals surface area contributed by atoms with Crippen LogP contribution in [-0.4, -0.2) is 45.7 Å². The lowest BCUT2D eigenvalue weighted by atomic mass is 10.1. The van der Waals surface area contributed by atoms with Gasteiger partial charge in [-0.2, -0.15) is 25.4 Å². The van der Waals surface area contributed by atoms with Crippen molar-refractivity contribution < 1.29 is 23.0 Å². The number of halogens is 4. The Labute approximate surface area is 417 Å². The minimum absolute atomic E-state index is 0.00750. The highest BCUT2D eigenvalue weighted by atomic mass is 35.5. The van der Waals surface area contributed by atoms with Crippen molar-refractivity contribution in [2.24, 2.45) is 0 Å². The number of ether oxygens (including phenoxy) is 3. The van der Waals surface area contributed by atoms with Crippen LogP contribution in [0.5, 0.6) is 23.0 Å². The van der Waals surface area contributed by atoms with Crippen LogP contribution in [0.3, 0.4) is 0 Å². The molecule has 72 heavy (non-hydrogen) atoms. The highest BCUT2D eigenvalue weighted by Gasteiger charge is 2.23. The van der Waals surface area contributed by atoms with Crippen molar-refractivity contribution in [2.75, 3.05) is 6.61 Å². The fraction of sp³-hybridized carbons (Fsp3) is 0.176. The fourth-order valence-corrected chi connectivity index (χ4v) is 7.93. The van der Waals surface area contributed by atoms with Crippen molar-refractivity contribution >= 4 is 23.2 Å². The van der Waals surface area contributed by atoms with Gasteiger partial charge in [0.2, 0.25) is 11.5 Å². The van der Waals surface area contributed by atoms with Crippen LogP contribution >= 0.6 is 23.2 Å². The number of H-pyrrole nitrogens is 1. The number of rotatable bonds is 11. The third-order valence-corrected chi connectivity index (χ3v) is 11.5. The van der Waals surface area contributed by atoms with Crippen LogP contribution < -0.4 is 31.7 Å². The molecule has 0 spiro atoms. The second kappa shape index (κ2) is 22.0. The van der Waals surface area contributed by atoms with Gasteiger partial charge >= 0.3 is 0 Å². The fourth-order valence-electron chi connectivity index (χ4n) is 7.48. The van der Waals surface area contributed by atoms with Crippen molar-refractivity contribution in [3.63, 3.8) is 0 Å². The number of aromatic nitrogens is 8. The van der Waals surface area contributed by atoms with Crippen molar-refractivity contribution in [1.29, 1.82) is 10.5 Å². The summed E-state index contributed by atoms with van der Waals surface area (Å²) in [5.41, 5.74) is 1.85. The zero-order valence-corrected chi connectivity index (χ0v) is 39.6. The summed E-state index contributed by atoms with van der Waals surface area (Å²) in [4.78, 5) is 60.6. The van der Waals surface area contributed by atoms with Crippen LogP contribution in [0.1, 0.15) is 59.4 Å². The third-order valence-electron chi connectivity index (χ3n) is 11.0. The SMILES string of the molecule is Cc1ncn(Cc2cc(-c3ccc(F)cc3)c(=O)[nH]n2)c(=O)c1Oc1cc(Cl)cc(C#N)c1.Cc1ncn(Cc2cc(-c3ccc(F)cc3)c(=O)n(C3CCCCO3)n2)c(=O)c1Oc1cc(Cl)cc(C#N)c1. The van der Waals surface area contributed by atoms with Gasteiger partial charge in [0.25, 0.3) is 22.2 Å². The second-order valence-corrected chi connectivity index (χ2v) is 17.1. The number of nitriles is 2. The summed E-state index contributed by atoms with van der Waals surface area (Å²) in [5.74, 6) is -0.470. The molecule has 0 aliphatic carbocycles. The van der Waals surface area contributed by atoms with Gasteiger partial charge in [-0.05, 0) is 117 Å². The summed E-state index contributed by atoms with van der Waals surface area (Å²) in [6.45, 7) is 3.72. The molecule has 1 aliphatic heterocycles. The van der Waals surface area contributed by atoms with Gasteiger partial charge in [0.1, 0.15) is 23.1 Å². The average molecular weight is 1010 g/mol. The Kier molecular flexibility index (Phi) is 15.2. The van der Waals surface area contributed by atoms with E-state index in [0.29, 0.717) is 52.5 Å². The van der Waals surface area contributed by atoms with Gasteiger partial charge in [0, 0.05) is 16.7 Å². The molecule has 0 radical (unpaired) electrons. The molecule has 5 heterocycles. The van der Waals surface area contributed by atoms with E-state index in [4.69, 9.17) is 42.7 Å². The first-order valence-electron chi connectivity index (χ1n) is 21.9. The smallest absolute Gasteiger partial charge is 0.296 e. The summed E-state index contributed by atoms with van der Waals surface area (Å²) < 4.78 is 48.0. The van der Waals surface area contributed by atoms with Crippen molar-refractivity contribution in [3.8, 4) is 57.4 Å². The Bertz CT molecular complexity index is 3680. The second-order valence-electron chi connectivity index (χ2n) is 16.2. The van der Waals surface area contributed by atoms with E-state index >= 15 is 0 Å². The Balaban J connectivity index is 0.000000195. The number of hydrogen-bond acceptors (Lipinski definition) is 13. The van der Waals surface area contributed by atoms with Gasteiger partial charge in [-0.15, -0.1) is 0 Å². The molecule has 1 N–H and O–H groups in total. The quantitative estimate of drug-likeness (QED) is 0.128. The highest BCUT2D eigenvalue weighted by molar-refractivity contribution is 6.31. The lowest BCUT2D eigenvalue weighted by Gasteiger charge is -2.24. The first-order valence-corrected chi connectivity index (χ1v) is 22.7. The van der Waals surface area contributed by atoms with Gasteiger partial charge in [0.15, 0.2) is 6.23 Å². The molecule has 0 amide bonds. The molecular weight excluding hydrogens is 974 g/mol. The lowest BCUT2D eigenvalue weighted by molar-refractivity contribution is -0.0427.